The van der Waals surface area contributed by atoms with Crippen molar-refractivity contribution in [2.45, 2.75) is 185 Å². The van der Waals surface area contributed by atoms with Crippen LogP contribution in [0.25, 0.3) is 0 Å². The fourth-order valence-corrected chi connectivity index (χ4v) is 13.5. The highest BCUT2D eigenvalue weighted by molar-refractivity contribution is 5.86. The third-order valence-corrected chi connectivity index (χ3v) is 17.4. The first-order valence-electron chi connectivity index (χ1n) is 20.6. The maximum absolute atomic E-state index is 13.7. The van der Waals surface area contributed by atoms with E-state index in [1.807, 2.05) is 13.8 Å². The van der Waals surface area contributed by atoms with E-state index < -0.39 is 90.1 Å². The summed E-state index contributed by atoms with van der Waals surface area (Å²) in [6.45, 7) is 16.3. The van der Waals surface area contributed by atoms with Crippen LogP contribution in [0.3, 0.4) is 0 Å². The number of hydrogen-bond donors (Lipinski definition) is 7. The highest BCUT2D eigenvalue weighted by atomic mass is 16.8. The summed E-state index contributed by atoms with van der Waals surface area (Å²) in [7, 11) is 0. The normalized spacial score (nSPS) is 56.9. The molecule has 19 atom stereocenters. The number of carbonyl (C=O) groups excluding carboxylic acids is 1. The highest BCUT2D eigenvalue weighted by Gasteiger charge is 2.73. The van der Waals surface area contributed by atoms with Crippen LogP contribution < -0.4 is 0 Å². The van der Waals surface area contributed by atoms with Crippen LogP contribution in [0.5, 0.6) is 0 Å². The molecule has 0 aromatic rings. The summed E-state index contributed by atoms with van der Waals surface area (Å²) in [5.41, 5.74) is -2.02. The molecule has 0 aromatic carbocycles. The Hall–Kier alpha value is -1.49. The summed E-state index contributed by atoms with van der Waals surface area (Å²) in [5.74, 6) is 0.205. The number of rotatable bonds is 5. The summed E-state index contributed by atoms with van der Waals surface area (Å²) >= 11 is 0. The SMILES string of the molecule is CC1OC(OC2C(OC3CCC4(C)C(CCC5(C)C4C=CC4=C6C7(CCC(C)(OC7=O)C6(C)O)CCC45C)C3(C)C)OC(CO)C(O)C2O)C(O)C(O)C1O. The van der Waals surface area contributed by atoms with Crippen LogP contribution in [0, 0.1) is 38.9 Å². The predicted molar refractivity (Wildman–Crippen MR) is 196 cm³/mol. The molecule has 0 amide bonds. The lowest BCUT2D eigenvalue weighted by molar-refractivity contribution is -0.376. The first-order valence-corrected chi connectivity index (χ1v) is 20.6. The van der Waals surface area contributed by atoms with E-state index in [0.717, 1.165) is 36.8 Å². The lowest BCUT2D eigenvalue weighted by Gasteiger charge is -2.71. The molecular formula is C42H64O13. The van der Waals surface area contributed by atoms with E-state index in [9.17, 15) is 40.5 Å². The summed E-state index contributed by atoms with van der Waals surface area (Å²) in [4.78, 5) is 13.7. The minimum atomic E-state index is -1.65. The van der Waals surface area contributed by atoms with Gasteiger partial charge in [-0.2, -0.15) is 0 Å². The molecule has 7 N–H and O–H groups in total. The van der Waals surface area contributed by atoms with Crippen molar-refractivity contribution in [3.8, 4) is 0 Å². The maximum atomic E-state index is 13.7. The monoisotopic (exact) mass is 776 g/mol. The van der Waals surface area contributed by atoms with E-state index in [4.69, 9.17) is 23.7 Å². The van der Waals surface area contributed by atoms with Gasteiger partial charge in [0.1, 0.15) is 53.9 Å². The van der Waals surface area contributed by atoms with E-state index in [1.165, 1.54) is 6.92 Å². The van der Waals surface area contributed by atoms with Gasteiger partial charge < -0.3 is 59.4 Å². The zero-order valence-corrected chi connectivity index (χ0v) is 33.6. The molecule has 13 heteroatoms. The van der Waals surface area contributed by atoms with Gasteiger partial charge in [-0.1, -0.05) is 46.8 Å². The van der Waals surface area contributed by atoms with Gasteiger partial charge in [0.2, 0.25) is 0 Å². The van der Waals surface area contributed by atoms with Crippen LogP contribution in [0.4, 0.5) is 0 Å². The van der Waals surface area contributed by atoms with Crippen LogP contribution in [0.2, 0.25) is 0 Å². The number of hydrogen-bond acceptors (Lipinski definition) is 13. The summed E-state index contributed by atoms with van der Waals surface area (Å²) in [5, 5.41) is 75.9. The molecule has 3 saturated carbocycles. The summed E-state index contributed by atoms with van der Waals surface area (Å²) < 4.78 is 30.6. The predicted octanol–water partition coefficient (Wildman–Crippen LogP) is 2.40. The van der Waals surface area contributed by atoms with Gasteiger partial charge in [-0.05, 0) is 117 Å². The Morgan fingerprint density at radius 2 is 1.47 bits per heavy atom. The van der Waals surface area contributed by atoms with Gasteiger partial charge in [0.05, 0.1) is 24.2 Å². The second kappa shape index (κ2) is 12.8. The molecule has 19 unspecified atom stereocenters. The van der Waals surface area contributed by atoms with Crippen molar-refractivity contribution < 1.29 is 64.2 Å². The van der Waals surface area contributed by atoms with Crippen molar-refractivity contribution >= 4 is 5.97 Å². The van der Waals surface area contributed by atoms with E-state index in [0.29, 0.717) is 25.7 Å². The Morgan fingerprint density at radius 3 is 2.15 bits per heavy atom. The first-order chi connectivity index (χ1) is 25.5. The Morgan fingerprint density at radius 1 is 0.782 bits per heavy atom. The van der Waals surface area contributed by atoms with Crippen LogP contribution >= 0.6 is 0 Å². The fraction of sp³-hybridized carbons (Fsp3) is 0.881. The number of ether oxygens (including phenoxy) is 5. The zero-order chi connectivity index (χ0) is 40.1. The van der Waals surface area contributed by atoms with Crippen LogP contribution in [-0.2, 0) is 28.5 Å². The Kier molecular flexibility index (Phi) is 9.35. The molecule has 0 aromatic heterocycles. The number of allylic oxidation sites excluding steroid dienone is 3. The molecule has 9 rings (SSSR count). The second-order valence-corrected chi connectivity index (χ2v) is 20.2. The molecule has 55 heavy (non-hydrogen) atoms. The molecule has 4 saturated heterocycles. The van der Waals surface area contributed by atoms with E-state index >= 15 is 0 Å². The van der Waals surface area contributed by atoms with Gasteiger partial charge in [0.25, 0.3) is 0 Å². The summed E-state index contributed by atoms with van der Waals surface area (Å²) in [6, 6.07) is 0. The number of aliphatic hydroxyl groups is 7. The topological polar surface area (TPSA) is 205 Å². The van der Waals surface area contributed by atoms with Crippen LogP contribution in [0.1, 0.15) is 107 Å². The van der Waals surface area contributed by atoms with Gasteiger partial charge in [-0.3, -0.25) is 4.79 Å². The largest absolute Gasteiger partial charge is 0.455 e. The Labute approximate surface area is 324 Å². The third kappa shape index (κ3) is 5.20. The maximum Gasteiger partial charge on any atom is 0.317 e. The minimum Gasteiger partial charge on any atom is -0.455 e. The Balaban J connectivity index is 1.09. The van der Waals surface area contributed by atoms with Crippen molar-refractivity contribution in [3.05, 3.63) is 23.3 Å². The van der Waals surface area contributed by atoms with Crippen molar-refractivity contribution in [1.29, 1.82) is 0 Å². The molecule has 1 spiro atoms. The molecule has 5 aliphatic carbocycles. The van der Waals surface area contributed by atoms with Crippen molar-refractivity contribution in [1.82, 2.24) is 0 Å². The lowest BCUT2D eigenvalue weighted by atomic mass is 9.35. The third-order valence-electron chi connectivity index (χ3n) is 17.4. The van der Waals surface area contributed by atoms with Gasteiger partial charge in [-0.25, -0.2) is 0 Å². The number of fused-ring (bicyclic) bond motifs is 7. The van der Waals surface area contributed by atoms with E-state index in [-0.39, 0.29) is 40.2 Å². The minimum absolute atomic E-state index is 0.139. The molecule has 13 nitrogen and oxygen atoms in total. The van der Waals surface area contributed by atoms with E-state index in [2.05, 4.69) is 46.8 Å². The molecule has 4 heterocycles. The number of esters is 1. The van der Waals surface area contributed by atoms with Crippen LogP contribution in [-0.4, -0.2) is 127 Å². The number of carbonyl (C=O) groups is 1. The fourth-order valence-electron chi connectivity index (χ4n) is 13.5. The van der Waals surface area contributed by atoms with Gasteiger partial charge >= 0.3 is 5.97 Å². The lowest BCUT2D eigenvalue weighted by Crippen LogP contribution is -2.71. The summed E-state index contributed by atoms with van der Waals surface area (Å²) in [6.07, 6.45) is -3.47. The number of aliphatic hydroxyl groups excluding tert-OH is 6. The average Bonchev–Trinajstić information content (AvgIpc) is 3.11. The Bertz CT molecular complexity index is 1630. The molecule has 310 valence electrons. The molecule has 2 bridgehead atoms. The van der Waals surface area contributed by atoms with Gasteiger partial charge in [-0.15, -0.1) is 0 Å². The first kappa shape index (κ1) is 40.3. The smallest absolute Gasteiger partial charge is 0.317 e. The standard InChI is InChI=1S/C42H64O13/c1-20-26(44)28(46)30(48)33(51-20)54-31-29(47)27(45)22(19-43)52-34(31)53-25-12-13-37(4)23(36(25,2)3)11-14-39(6)24(37)10-9-21-32-41(8,50)40(7)16-18-42(32,35(49)55-40)17-15-38(21,39)5/h9-10,20,22-31,33-34,43-48,50H,11-19H2,1-8H3. The van der Waals surface area contributed by atoms with E-state index in [1.54, 1.807) is 0 Å². The molecular weight excluding hydrogens is 712 g/mol. The second-order valence-electron chi connectivity index (χ2n) is 20.2. The van der Waals surface area contributed by atoms with Crippen molar-refractivity contribution in [2.24, 2.45) is 38.9 Å². The molecule has 7 fully saturated rings. The van der Waals surface area contributed by atoms with Gasteiger partial charge in [0.15, 0.2) is 12.6 Å². The van der Waals surface area contributed by atoms with Gasteiger partial charge in [0, 0.05) is 0 Å². The van der Waals surface area contributed by atoms with Crippen molar-refractivity contribution in [2.75, 3.05) is 6.61 Å². The molecule has 9 aliphatic rings. The average molecular weight is 777 g/mol. The zero-order valence-electron chi connectivity index (χ0n) is 33.6. The molecule has 0 radical (unpaired) electrons. The quantitative estimate of drug-likeness (QED) is 0.159. The molecule has 4 aliphatic heterocycles. The van der Waals surface area contributed by atoms with Crippen LogP contribution in [0.15, 0.2) is 23.3 Å². The highest BCUT2D eigenvalue weighted by Crippen LogP contribution is 2.75. The van der Waals surface area contributed by atoms with Crippen molar-refractivity contribution in [3.63, 3.8) is 0 Å².